The zero-order chi connectivity index (χ0) is 22.3. The Bertz CT molecular complexity index is 1180. The molecule has 1 fully saturated rings. The Balaban J connectivity index is 1.77. The molecular weight excluding hydrogens is 396 g/mol. The molecule has 1 aromatic carbocycles. The van der Waals surface area contributed by atoms with Gasteiger partial charge in [0.2, 0.25) is 0 Å². The Kier molecular flexibility index (Phi) is 5.36. The average molecular weight is 422 g/mol. The summed E-state index contributed by atoms with van der Waals surface area (Å²) in [5.41, 5.74) is 4.25. The fourth-order valence-electron chi connectivity index (χ4n) is 3.68. The highest BCUT2D eigenvalue weighted by atomic mass is 16.4. The summed E-state index contributed by atoms with van der Waals surface area (Å²) in [6.07, 6.45) is 3.45. The van der Waals surface area contributed by atoms with E-state index in [1.807, 2.05) is 32.0 Å². The minimum atomic E-state index is -0.999. The van der Waals surface area contributed by atoms with E-state index in [1.165, 1.54) is 6.33 Å². The van der Waals surface area contributed by atoms with Crippen molar-refractivity contribution in [1.82, 2.24) is 24.8 Å². The lowest BCUT2D eigenvalue weighted by atomic mass is 10.1. The lowest BCUT2D eigenvalue weighted by Gasteiger charge is -2.13. The second kappa shape index (κ2) is 7.99. The van der Waals surface area contributed by atoms with Crippen molar-refractivity contribution in [2.45, 2.75) is 39.3 Å². The van der Waals surface area contributed by atoms with Gasteiger partial charge in [0.05, 0.1) is 11.3 Å². The molecule has 1 aliphatic rings. The van der Waals surface area contributed by atoms with Gasteiger partial charge in [-0.2, -0.15) is 5.10 Å². The highest BCUT2D eigenvalue weighted by Gasteiger charge is 2.26. The number of hydrogen-bond acceptors (Lipinski definition) is 6. The highest BCUT2D eigenvalue weighted by Crippen LogP contribution is 2.30. The van der Waals surface area contributed by atoms with Crippen molar-refractivity contribution in [1.29, 1.82) is 0 Å². The Morgan fingerprint density at radius 1 is 1.26 bits per heavy atom. The SMILES string of the molecule is Cc1ccc(C(=O)NC2CC2)cc1Nc1ncnn2c(CN(C)C)c(C(=O)O)c(C)c12. The van der Waals surface area contributed by atoms with Crippen molar-refractivity contribution in [3.05, 3.63) is 52.5 Å². The standard InChI is InChI=1S/C22H26N6O3/c1-12-5-6-14(21(29)25-15-7-8-15)9-16(12)26-20-19-13(2)18(22(30)31)17(10-27(3)4)28(19)24-11-23-20/h5-6,9,11,15H,7-8,10H2,1-4H3,(H,25,29)(H,30,31)(H,23,24,26). The number of anilines is 2. The van der Waals surface area contributed by atoms with Crippen LogP contribution in [0.5, 0.6) is 0 Å². The maximum absolute atomic E-state index is 12.5. The normalized spacial score (nSPS) is 13.6. The number of nitrogens with one attached hydrogen (secondary N) is 2. The van der Waals surface area contributed by atoms with Crippen LogP contribution in [0, 0.1) is 13.8 Å². The van der Waals surface area contributed by atoms with E-state index in [0.717, 1.165) is 24.1 Å². The number of aromatic nitrogens is 3. The molecule has 3 N–H and O–H groups in total. The molecule has 31 heavy (non-hydrogen) atoms. The largest absolute Gasteiger partial charge is 0.478 e. The summed E-state index contributed by atoms with van der Waals surface area (Å²) in [5.74, 6) is -0.609. The molecule has 1 saturated carbocycles. The number of carboxylic acid groups (broad SMARTS) is 1. The molecule has 9 heteroatoms. The van der Waals surface area contributed by atoms with Crippen LogP contribution in [-0.2, 0) is 6.54 Å². The fraction of sp³-hybridized carbons (Fsp3) is 0.364. The number of carboxylic acids is 1. The summed E-state index contributed by atoms with van der Waals surface area (Å²) >= 11 is 0. The minimum Gasteiger partial charge on any atom is -0.478 e. The van der Waals surface area contributed by atoms with Crippen LogP contribution in [0.3, 0.4) is 0 Å². The van der Waals surface area contributed by atoms with Gasteiger partial charge in [0.1, 0.15) is 11.8 Å². The van der Waals surface area contributed by atoms with Crippen molar-refractivity contribution >= 4 is 28.9 Å². The van der Waals surface area contributed by atoms with Gasteiger partial charge in [0, 0.05) is 23.8 Å². The van der Waals surface area contributed by atoms with Gasteiger partial charge in [0.15, 0.2) is 5.82 Å². The summed E-state index contributed by atoms with van der Waals surface area (Å²) in [6, 6.07) is 5.75. The highest BCUT2D eigenvalue weighted by molar-refractivity contribution is 5.97. The number of fused-ring (bicyclic) bond motifs is 1. The summed E-state index contributed by atoms with van der Waals surface area (Å²) in [5, 5.41) is 20.4. The Morgan fingerprint density at radius 2 is 2.00 bits per heavy atom. The van der Waals surface area contributed by atoms with Crippen LogP contribution in [0.2, 0.25) is 0 Å². The summed E-state index contributed by atoms with van der Waals surface area (Å²) < 4.78 is 1.63. The van der Waals surface area contributed by atoms with E-state index in [-0.39, 0.29) is 17.5 Å². The van der Waals surface area contributed by atoms with Crippen molar-refractivity contribution in [2.24, 2.45) is 0 Å². The lowest BCUT2D eigenvalue weighted by Crippen LogP contribution is -2.25. The van der Waals surface area contributed by atoms with E-state index in [0.29, 0.717) is 34.7 Å². The lowest BCUT2D eigenvalue weighted by molar-refractivity contribution is 0.0694. The molecular formula is C22H26N6O3. The molecule has 1 amide bonds. The number of hydrogen-bond donors (Lipinski definition) is 3. The number of aryl methyl sites for hydroxylation is 2. The van der Waals surface area contributed by atoms with E-state index in [2.05, 4.69) is 20.7 Å². The smallest absolute Gasteiger partial charge is 0.337 e. The van der Waals surface area contributed by atoms with E-state index in [1.54, 1.807) is 23.6 Å². The van der Waals surface area contributed by atoms with Gasteiger partial charge in [-0.1, -0.05) is 6.07 Å². The molecule has 2 aromatic heterocycles. The molecule has 0 bridgehead atoms. The number of aromatic carboxylic acids is 1. The van der Waals surface area contributed by atoms with Crippen LogP contribution >= 0.6 is 0 Å². The second-order valence-corrected chi connectivity index (χ2v) is 8.26. The van der Waals surface area contributed by atoms with Gasteiger partial charge >= 0.3 is 5.97 Å². The molecule has 2 heterocycles. The monoisotopic (exact) mass is 422 g/mol. The fourth-order valence-corrected chi connectivity index (χ4v) is 3.68. The molecule has 9 nitrogen and oxygen atoms in total. The zero-order valence-electron chi connectivity index (χ0n) is 18.1. The maximum atomic E-state index is 12.5. The van der Waals surface area contributed by atoms with E-state index >= 15 is 0 Å². The summed E-state index contributed by atoms with van der Waals surface area (Å²) in [6.45, 7) is 4.12. The predicted octanol–water partition coefficient (Wildman–Crippen LogP) is 2.74. The first kappa shape index (κ1) is 20.8. The third-order valence-corrected chi connectivity index (χ3v) is 5.41. The van der Waals surface area contributed by atoms with E-state index in [4.69, 9.17) is 0 Å². The summed E-state index contributed by atoms with van der Waals surface area (Å²) in [7, 11) is 3.75. The topological polar surface area (TPSA) is 112 Å². The first-order valence-electron chi connectivity index (χ1n) is 10.2. The third-order valence-electron chi connectivity index (χ3n) is 5.41. The molecule has 0 saturated heterocycles. The minimum absolute atomic E-state index is 0.0984. The first-order valence-corrected chi connectivity index (χ1v) is 10.2. The van der Waals surface area contributed by atoms with Crippen LogP contribution in [0.1, 0.15) is 50.4 Å². The van der Waals surface area contributed by atoms with Crippen molar-refractivity contribution in [2.75, 3.05) is 19.4 Å². The third kappa shape index (κ3) is 4.09. The molecule has 0 atom stereocenters. The average Bonchev–Trinajstić information content (AvgIpc) is 3.47. The quantitative estimate of drug-likeness (QED) is 0.537. The van der Waals surface area contributed by atoms with Crippen LogP contribution in [0.25, 0.3) is 5.52 Å². The molecule has 0 radical (unpaired) electrons. The number of carbonyl (C=O) groups is 2. The van der Waals surface area contributed by atoms with Gasteiger partial charge in [-0.05, 0) is 64.0 Å². The second-order valence-electron chi connectivity index (χ2n) is 8.26. The zero-order valence-corrected chi connectivity index (χ0v) is 18.1. The van der Waals surface area contributed by atoms with Gasteiger partial charge in [-0.3, -0.25) is 4.79 Å². The molecule has 3 aromatic rings. The molecule has 4 rings (SSSR count). The molecule has 0 spiro atoms. The number of nitrogens with zero attached hydrogens (tertiary/aromatic N) is 4. The number of amides is 1. The van der Waals surface area contributed by atoms with E-state index in [9.17, 15) is 14.7 Å². The van der Waals surface area contributed by atoms with Crippen molar-refractivity contribution in [3.63, 3.8) is 0 Å². The first-order chi connectivity index (χ1) is 14.8. The van der Waals surface area contributed by atoms with Gasteiger partial charge in [-0.25, -0.2) is 14.3 Å². The van der Waals surface area contributed by atoms with Gasteiger partial charge in [-0.15, -0.1) is 0 Å². The number of carbonyl (C=O) groups excluding carboxylic acids is 1. The van der Waals surface area contributed by atoms with Crippen molar-refractivity contribution in [3.8, 4) is 0 Å². The van der Waals surface area contributed by atoms with E-state index < -0.39 is 5.97 Å². The molecule has 162 valence electrons. The molecule has 1 aliphatic carbocycles. The molecule has 0 unspecified atom stereocenters. The Morgan fingerprint density at radius 3 is 2.65 bits per heavy atom. The number of rotatable bonds is 7. The maximum Gasteiger partial charge on any atom is 0.337 e. The van der Waals surface area contributed by atoms with Gasteiger partial charge < -0.3 is 20.6 Å². The van der Waals surface area contributed by atoms with Crippen LogP contribution < -0.4 is 10.6 Å². The van der Waals surface area contributed by atoms with Crippen molar-refractivity contribution < 1.29 is 14.7 Å². The van der Waals surface area contributed by atoms with Gasteiger partial charge in [0.25, 0.3) is 5.91 Å². The number of benzene rings is 1. The van der Waals surface area contributed by atoms with Crippen LogP contribution in [-0.4, -0.2) is 56.6 Å². The predicted molar refractivity (Wildman–Crippen MR) is 117 cm³/mol. The molecule has 0 aliphatic heterocycles. The van der Waals surface area contributed by atoms with Crippen LogP contribution in [0.15, 0.2) is 24.5 Å². The Labute approximate surface area is 180 Å². The summed E-state index contributed by atoms with van der Waals surface area (Å²) in [4.78, 5) is 30.7. The Hall–Kier alpha value is -3.46. The van der Waals surface area contributed by atoms with Crippen LogP contribution in [0.4, 0.5) is 11.5 Å².